The predicted molar refractivity (Wildman–Crippen MR) is 112 cm³/mol. The fourth-order valence-electron chi connectivity index (χ4n) is 5.06. The molecule has 0 bridgehead atoms. The molecule has 6 heteroatoms. The van der Waals surface area contributed by atoms with Gasteiger partial charge >= 0.3 is 0 Å². The number of methoxy groups -OCH3 is 1. The molecule has 1 saturated carbocycles. The summed E-state index contributed by atoms with van der Waals surface area (Å²) < 4.78 is 5.31. The van der Waals surface area contributed by atoms with Crippen molar-refractivity contribution in [2.45, 2.75) is 51.1 Å². The molecule has 2 saturated heterocycles. The van der Waals surface area contributed by atoms with Gasteiger partial charge in [-0.3, -0.25) is 14.5 Å². The Labute approximate surface area is 173 Å². The molecule has 1 aromatic carbocycles. The number of hydrogen-bond donors (Lipinski definition) is 0. The maximum Gasteiger partial charge on any atom is 0.227 e. The third-order valence-electron chi connectivity index (χ3n) is 6.78. The molecular weight excluding hydrogens is 366 g/mol. The summed E-state index contributed by atoms with van der Waals surface area (Å²) in [4.78, 5) is 31.9. The van der Waals surface area contributed by atoms with Crippen LogP contribution in [0.1, 0.15) is 44.1 Å². The molecule has 4 rings (SSSR count). The van der Waals surface area contributed by atoms with Crippen LogP contribution in [0.4, 0.5) is 0 Å². The van der Waals surface area contributed by atoms with Gasteiger partial charge < -0.3 is 14.5 Å². The lowest BCUT2D eigenvalue weighted by molar-refractivity contribution is -0.145. The Bertz CT molecular complexity index is 724. The minimum atomic E-state index is -0.0155. The summed E-state index contributed by atoms with van der Waals surface area (Å²) in [5.41, 5.74) is 1.24. The Morgan fingerprint density at radius 2 is 1.86 bits per heavy atom. The van der Waals surface area contributed by atoms with Crippen molar-refractivity contribution in [2.75, 3.05) is 39.8 Å². The first-order valence-electron chi connectivity index (χ1n) is 11.1. The van der Waals surface area contributed by atoms with Gasteiger partial charge in [0.15, 0.2) is 0 Å². The highest BCUT2D eigenvalue weighted by molar-refractivity contribution is 5.84. The number of ether oxygens (including phenoxy) is 1. The molecule has 0 aromatic heterocycles. The van der Waals surface area contributed by atoms with Gasteiger partial charge in [0, 0.05) is 51.7 Å². The largest absolute Gasteiger partial charge is 0.497 e. The van der Waals surface area contributed by atoms with Crippen LogP contribution in [0.15, 0.2) is 24.3 Å². The van der Waals surface area contributed by atoms with Crippen LogP contribution >= 0.6 is 0 Å². The van der Waals surface area contributed by atoms with Crippen LogP contribution in [0.3, 0.4) is 0 Å². The van der Waals surface area contributed by atoms with Gasteiger partial charge in [-0.25, -0.2) is 0 Å². The van der Waals surface area contributed by atoms with Crippen LogP contribution in [0, 0.1) is 5.92 Å². The molecule has 2 heterocycles. The van der Waals surface area contributed by atoms with Crippen molar-refractivity contribution in [3.8, 4) is 5.75 Å². The van der Waals surface area contributed by atoms with E-state index in [2.05, 4.69) is 17.0 Å². The van der Waals surface area contributed by atoms with Gasteiger partial charge in [0.1, 0.15) is 5.75 Å². The monoisotopic (exact) mass is 399 g/mol. The summed E-state index contributed by atoms with van der Waals surface area (Å²) in [6.07, 6.45) is 5.88. The summed E-state index contributed by atoms with van der Waals surface area (Å²) in [7, 11) is 1.69. The lowest BCUT2D eigenvalue weighted by Gasteiger charge is -2.40. The van der Waals surface area contributed by atoms with Crippen molar-refractivity contribution in [1.29, 1.82) is 0 Å². The van der Waals surface area contributed by atoms with Crippen molar-refractivity contribution in [3.05, 3.63) is 29.8 Å². The first-order chi connectivity index (χ1) is 14.1. The second-order valence-electron chi connectivity index (χ2n) is 8.67. The van der Waals surface area contributed by atoms with Crippen LogP contribution in [-0.4, -0.2) is 72.4 Å². The highest BCUT2D eigenvalue weighted by Gasteiger charge is 2.37. The lowest BCUT2D eigenvalue weighted by Crippen LogP contribution is -2.54. The van der Waals surface area contributed by atoms with E-state index in [1.54, 1.807) is 7.11 Å². The van der Waals surface area contributed by atoms with E-state index in [1.807, 2.05) is 21.9 Å². The van der Waals surface area contributed by atoms with Crippen molar-refractivity contribution >= 4 is 11.8 Å². The molecule has 0 spiro atoms. The van der Waals surface area contributed by atoms with Gasteiger partial charge in [-0.2, -0.15) is 0 Å². The number of rotatable bonds is 5. The molecule has 3 fully saturated rings. The normalized spacial score (nSPS) is 24.2. The average molecular weight is 400 g/mol. The van der Waals surface area contributed by atoms with Crippen molar-refractivity contribution in [2.24, 2.45) is 5.92 Å². The standard InChI is InChI=1S/C23H33N3O3/c1-29-21-8-4-5-18(15-21)16-24-11-13-25(14-12-24)23(28)19-9-10-22(27)26(17-19)20-6-2-3-7-20/h4-5,8,15,19-20H,2-3,6-7,9-14,16-17H2,1H3/t19-/m1/s1. The Morgan fingerprint density at radius 3 is 2.59 bits per heavy atom. The quantitative estimate of drug-likeness (QED) is 0.764. The SMILES string of the molecule is COc1cccc(CN2CCN(C(=O)[C@@H]3CCC(=O)N(C4CCCC4)C3)CC2)c1. The zero-order valence-electron chi connectivity index (χ0n) is 17.5. The van der Waals surface area contributed by atoms with E-state index in [4.69, 9.17) is 4.74 Å². The van der Waals surface area contributed by atoms with Crippen LogP contribution < -0.4 is 4.74 Å². The zero-order chi connectivity index (χ0) is 20.2. The van der Waals surface area contributed by atoms with Gasteiger partial charge in [-0.15, -0.1) is 0 Å². The third-order valence-corrected chi connectivity index (χ3v) is 6.78. The second kappa shape index (κ2) is 9.16. The Morgan fingerprint density at radius 1 is 1.10 bits per heavy atom. The molecule has 2 aliphatic heterocycles. The minimum Gasteiger partial charge on any atom is -0.497 e. The molecule has 2 amide bonds. The third kappa shape index (κ3) is 4.74. The van der Waals surface area contributed by atoms with Crippen molar-refractivity contribution in [1.82, 2.24) is 14.7 Å². The molecule has 6 nitrogen and oxygen atoms in total. The minimum absolute atomic E-state index is 0.0155. The Hall–Kier alpha value is -2.08. The van der Waals surface area contributed by atoms with Crippen LogP contribution in [0.5, 0.6) is 5.75 Å². The molecule has 1 aliphatic carbocycles. The topological polar surface area (TPSA) is 53.1 Å². The summed E-state index contributed by atoms with van der Waals surface area (Å²) in [6, 6.07) is 8.56. The average Bonchev–Trinajstić information content (AvgIpc) is 3.29. The molecule has 0 unspecified atom stereocenters. The molecule has 1 aromatic rings. The summed E-state index contributed by atoms with van der Waals surface area (Å²) in [6.45, 7) is 4.84. The van der Waals surface area contributed by atoms with E-state index in [9.17, 15) is 9.59 Å². The molecule has 29 heavy (non-hydrogen) atoms. The summed E-state index contributed by atoms with van der Waals surface area (Å²) in [5.74, 6) is 1.37. The number of likely N-dealkylation sites (tertiary alicyclic amines) is 1. The predicted octanol–water partition coefficient (Wildman–Crippen LogP) is 2.52. The number of amides is 2. The maximum atomic E-state index is 13.1. The Kier molecular flexibility index (Phi) is 6.38. The number of carbonyl (C=O) groups excluding carboxylic acids is 2. The fourth-order valence-corrected chi connectivity index (χ4v) is 5.06. The first kappa shape index (κ1) is 20.2. The van der Waals surface area contributed by atoms with Crippen LogP contribution in [0.25, 0.3) is 0 Å². The van der Waals surface area contributed by atoms with E-state index in [-0.39, 0.29) is 17.7 Å². The van der Waals surface area contributed by atoms with Crippen molar-refractivity contribution in [3.63, 3.8) is 0 Å². The van der Waals surface area contributed by atoms with Crippen LogP contribution in [0.2, 0.25) is 0 Å². The molecule has 1 atom stereocenters. The van der Waals surface area contributed by atoms with Gasteiger partial charge in [-0.1, -0.05) is 25.0 Å². The molecule has 158 valence electrons. The highest BCUT2D eigenvalue weighted by Crippen LogP contribution is 2.29. The molecule has 0 N–H and O–H groups in total. The van der Waals surface area contributed by atoms with E-state index in [0.717, 1.165) is 51.3 Å². The van der Waals surface area contributed by atoms with Gasteiger partial charge in [0.05, 0.1) is 13.0 Å². The van der Waals surface area contributed by atoms with Crippen LogP contribution in [-0.2, 0) is 16.1 Å². The van der Waals surface area contributed by atoms with E-state index in [0.29, 0.717) is 25.4 Å². The number of piperidine rings is 1. The van der Waals surface area contributed by atoms with Gasteiger partial charge in [-0.05, 0) is 37.0 Å². The number of carbonyl (C=O) groups is 2. The summed E-state index contributed by atoms with van der Waals surface area (Å²) >= 11 is 0. The second-order valence-corrected chi connectivity index (χ2v) is 8.67. The fraction of sp³-hybridized carbons (Fsp3) is 0.652. The van der Waals surface area contributed by atoms with E-state index < -0.39 is 0 Å². The smallest absolute Gasteiger partial charge is 0.227 e. The Balaban J connectivity index is 1.28. The number of benzene rings is 1. The molecule has 0 radical (unpaired) electrons. The van der Waals surface area contributed by atoms with Gasteiger partial charge in [0.2, 0.25) is 11.8 Å². The van der Waals surface area contributed by atoms with E-state index >= 15 is 0 Å². The lowest BCUT2D eigenvalue weighted by atomic mass is 9.94. The number of piperazine rings is 1. The molecular formula is C23H33N3O3. The first-order valence-corrected chi connectivity index (χ1v) is 11.1. The molecule has 3 aliphatic rings. The summed E-state index contributed by atoms with van der Waals surface area (Å²) in [5, 5.41) is 0. The number of nitrogens with zero attached hydrogens (tertiary/aromatic N) is 3. The maximum absolute atomic E-state index is 13.1. The number of hydrogen-bond acceptors (Lipinski definition) is 4. The zero-order valence-corrected chi connectivity index (χ0v) is 17.5. The van der Waals surface area contributed by atoms with E-state index in [1.165, 1.54) is 18.4 Å². The highest BCUT2D eigenvalue weighted by atomic mass is 16.5. The van der Waals surface area contributed by atoms with Crippen molar-refractivity contribution < 1.29 is 14.3 Å². The van der Waals surface area contributed by atoms with Gasteiger partial charge in [0.25, 0.3) is 0 Å².